The molecule has 0 saturated heterocycles. The molecule has 0 aliphatic heterocycles. The summed E-state index contributed by atoms with van der Waals surface area (Å²) < 4.78 is 14.5. The summed E-state index contributed by atoms with van der Waals surface area (Å²) >= 11 is 0. The average molecular weight is 355 g/mol. The molecule has 4 atom stereocenters. The van der Waals surface area contributed by atoms with Crippen LogP contribution in [-0.2, 0) is 4.57 Å². The van der Waals surface area contributed by atoms with Crippen LogP contribution in [0.3, 0.4) is 0 Å². The van der Waals surface area contributed by atoms with Gasteiger partial charge in [-0.2, -0.15) is 0 Å². The van der Waals surface area contributed by atoms with E-state index in [1.54, 1.807) is 0 Å². The molecule has 0 radical (unpaired) electrons. The molecule has 1 aliphatic carbocycles. The Morgan fingerprint density at radius 1 is 0.960 bits per heavy atom. The SMILES string of the molecule is CC(C)[C@H]1CC[C@@H](C)C[C@@H]1[P@@](=O)(Nc1ccccc1)c1ccccc1. The number of benzene rings is 2. The molecular formula is C22H30NOP. The minimum atomic E-state index is -2.77. The zero-order chi connectivity index (χ0) is 17.9. The maximum atomic E-state index is 14.5. The van der Waals surface area contributed by atoms with Crippen LogP contribution in [0.25, 0.3) is 0 Å². The van der Waals surface area contributed by atoms with Crippen molar-refractivity contribution in [3.63, 3.8) is 0 Å². The van der Waals surface area contributed by atoms with Crippen LogP contribution in [0, 0.1) is 17.8 Å². The fourth-order valence-electron chi connectivity index (χ4n) is 4.26. The van der Waals surface area contributed by atoms with Gasteiger partial charge in [-0.15, -0.1) is 0 Å². The number of anilines is 1. The lowest BCUT2D eigenvalue weighted by Crippen LogP contribution is -2.36. The zero-order valence-corrected chi connectivity index (χ0v) is 16.5. The van der Waals surface area contributed by atoms with Crippen LogP contribution in [0.5, 0.6) is 0 Å². The maximum absolute atomic E-state index is 14.5. The van der Waals surface area contributed by atoms with Crippen molar-refractivity contribution in [2.45, 2.75) is 45.7 Å². The summed E-state index contributed by atoms with van der Waals surface area (Å²) in [6, 6.07) is 20.1. The third kappa shape index (κ3) is 4.01. The summed E-state index contributed by atoms with van der Waals surface area (Å²) in [4.78, 5) is 0. The molecular weight excluding hydrogens is 325 g/mol. The molecule has 0 heterocycles. The van der Waals surface area contributed by atoms with E-state index in [-0.39, 0.29) is 5.66 Å². The normalized spacial score (nSPS) is 26.2. The van der Waals surface area contributed by atoms with Gasteiger partial charge in [-0.3, -0.25) is 4.57 Å². The molecule has 2 aromatic rings. The topological polar surface area (TPSA) is 29.1 Å². The first-order chi connectivity index (χ1) is 12.0. The predicted molar refractivity (Wildman–Crippen MR) is 109 cm³/mol. The lowest BCUT2D eigenvalue weighted by atomic mass is 9.77. The summed E-state index contributed by atoms with van der Waals surface area (Å²) in [5.41, 5.74) is 1.15. The second-order valence-electron chi connectivity index (χ2n) is 7.86. The second kappa shape index (κ2) is 7.79. The van der Waals surface area contributed by atoms with E-state index in [4.69, 9.17) is 0 Å². The summed E-state index contributed by atoms with van der Waals surface area (Å²) in [6.07, 6.45) is 3.46. The average Bonchev–Trinajstić information content (AvgIpc) is 2.63. The molecule has 0 bridgehead atoms. The largest absolute Gasteiger partial charge is 0.333 e. The Labute approximate surface area is 152 Å². The Morgan fingerprint density at radius 2 is 1.56 bits per heavy atom. The quantitative estimate of drug-likeness (QED) is 0.651. The second-order valence-corrected chi connectivity index (χ2v) is 10.6. The van der Waals surface area contributed by atoms with Crippen LogP contribution in [-0.4, -0.2) is 5.66 Å². The fourth-order valence-corrected chi connectivity index (χ4v) is 7.78. The molecule has 1 saturated carbocycles. The molecule has 2 nitrogen and oxygen atoms in total. The van der Waals surface area contributed by atoms with Crippen molar-refractivity contribution in [3.05, 3.63) is 60.7 Å². The molecule has 1 fully saturated rings. The van der Waals surface area contributed by atoms with Crippen molar-refractivity contribution < 1.29 is 4.57 Å². The first kappa shape index (κ1) is 18.3. The van der Waals surface area contributed by atoms with E-state index < -0.39 is 7.29 Å². The highest BCUT2D eigenvalue weighted by Gasteiger charge is 2.43. The minimum Gasteiger partial charge on any atom is -0.333 e. The molecule has 0 aromatic heterocycles. The van der Waals surface area contributed by atoms with Gasteiger partial charge in [0.1, 0.15) is 0 Å². The number of hydrogen-bond acceptors (Lipinski definition) is 1. The number of para-hydroxylation sites is 1. The van der Waals surface area contributed by atoms with E-state index in [1.165, 1.54) is 12.8 Å². The Morgan fingerprint density at radius 3 is 2.16 bits per heavy atom. The van der Waals surface area contributed by atoms with Crippen LogP contribution < -0.4 is 10.4 Å². The van der Waals surface area contributed by atoms with Gasteiger partial charge in [-0.05, 0) is 54.9 Å². The maximum Gasteiger partial charge on any atom is 0.201 e. The first-order valence-corrected chi connectivity index (χ1v) is 11.3. The zero-order valence-electron chi connectivity index (χ0n) is 15.6. The first-order valence-electron chi connectivity index (χ1n) is 9.49. The third-order valence-electron chi connectivity index (χ3n) is 5.66. The summed E-state index contributed by atoms with van der Waals surface area (Å²) in [7, 11) is -2.77. The van der Waals surface area contributed by atoms with Crippen LogP contribution in [0.2, 0.25) is 0 Å². The Bertz CT molecular complexity index is 713. The van der Waals surface area contributed by atoms with Crippen molar-refractivity contribution >= 4 is 18.3 Å². The molecule has 0 amide bonds. The summed E-state index contributed by atoms with van der Waals surface area (Å²) in [6.45, 7) is 6.87. The third-order valence-corrected chi connectivity index (χ3v) is 8.85. The molecule has 134 valence electrons. The van der Waals surface area contributed by atoms with Gasteiger partial charge in [0.05, 0.1) is 0 Å². The van der Waals surface area contributed by atoms with Crippen molar-refractivity contribution in [2.24, 2.45) is 17.8 Å². The van der Waals surface area contributed by atoms with Crippen LogP contribution in [0.1, 0.15) is 40.0 Å². The van der Waals surface area contributed by atoms with Gasteiger partial charge in [-0.25, -0.2) is 0 Å². The van der Waals surface area contributed by atoms with E-state index in [1.807, 2.05) is 60.7 Å². The Balaban J connectivity index is 2.05. The molecule has 3 heteroatoms. The number of nitrogens with one attached hydrogen (secondary N) is 1. The molecule has 3 rings (SSSR count). The van der Waals surface area contributed by atoms with Gasteiger partial charge >= 0.3 is 0 Å². The monoisotopic (exact) mass is 355 g/mol. The van der Waals surface area contributed by atoms with Crippen LogP contribution >= 0.6 is 7.29 Å². The summed E-state index contributed by atoms with van der Waals surface area (Å²) in [5, 5.41) is 4.46. The molecule has 25 heavy (non-hydrogen) atoms. The van der Waals surface area contributed by atoms with Crippen LogP contribution in [0.4, 0.5) is 5.69 Å². The Hall–Kier alpha value is -1.53. The van der Waals surface area contributed by atoms with Crippen molar-refractivity contribution in [3.8, 4) is 0 Å². The predicted octanol–water partition coefficient (Wildman–Crippen LogP) is 6.16. The molecule has 1 aliphatic rings. The van der Waals surface area contributed by atoms with Crippen molar-refractivity contribution in [1.82, 2.24) is 0 Å². The van der Waals surface area contributed by atoms with Gasteiger partial charge in [0.2, 0.25) is 7.29 Å². The highest BCUT2D eigenvalue weighted by molar-refractivity contribution is 7.73. The molecule has 2 aromatic carbocycles. The van der Waals surface area contributed by atoms with Gasteiger partial charge in [-0.1, -0.05) is 63.6 Å². The standard InChI is InChI=1S/C22H30NOP/c1-17(2)21-15-14-18(3)16-22(21)25(24,20-12-8-5-9-13-20)23-19-10-6-4-7-11-19/h4-13,17-18,21-22H,14-16H2,1-3H3,(H,23,24)/t18-,21-,22+,25-/m1/s1. The Kier molecular flexibility index (Phi) is 5.69. The van der Waals surface area contributed by atoms with Crippen LogP contribution in [0.15, 0.2) is 60.7 Å². The highest BCUT2D eigenvalue weighted by Crippen LogP contribution is 2.58. The van der Waals surface area contributed by atoms with Gasteiger partial charge < -0.3 is 5.09 Å². The molecule has 1 N–H and O–H groups in total. The van der Waals surface area contributed by atoms with E-state index >= 15 is 0 Å². The highest BCUT2D eigenvalue weighted by atomic mass is 31.2. The lowest BCUT2D eigenvalue weighted by molar-refractivity contribution is 0.237. The van der Waals surface area contributed by atoms with Crippen molar-refractivity contribution in [1.29, 1.82) is 0 Å². The van der Waals surface area contributed by atoms with Gasteiger partial charge in [0, 0.05) is 16.7 Å². The van der Waals surface area contributed by atoms with E-state index in [9.17, 15) is 4.57 Å². The fraction of sp³-hybridized carbons (Fsp3) is 0.455. The number of rotatable bonds is 5. The van der Waals surface area contributed by atoms with E-state index in [2.05, 4.69) is 25.9 Å². The molecule has 0 spiro atoms. The van der Waals surface area contributed by atoms with E-state index in [0.29, 0.717) is 17.8 Å². The molecule has 0 unspecified atom stereocenters. The minimum absolute atomic E-state index is 0.193. The lowest BCUT2D eigenvalue weighted by Gasteiger charge is -2.42. The van der Waals surface area contributed by atoms with Crippen molar-refractivity contribution in [2.75, 3.05) is 5.09 Å². The van der Waals surface area contributed by atoms with E-state index in [0.717, 1.165) is 17.4 Å². The number of hydrogen-bond donors (Lipinski definition) is 1. The van der Waals surface area contributed by atoms with Gasteiger partial charge in [0.15, 0.2) is 0 Å². The summed E-state index contributed by atoms with van der Waals surface area (Å²) in [5.74, 6) is 1.68. The smallest absolute Gasteiger partial charge is 0.201 e. The van der Waals surface area contributed by atoms with Gasteiger partial charge in [0.25, 0.3) is 0 Å².